The Morgan fingerprint density at radius 2 is 2.19 bits per heavy atom. The standard InChI is InChI=1S/C16H16ClN3O/c1-10-6-11-4-2-3-5-14(11)20(9-10)16(21)13-7-12(18)8-19-15(13)17/h2-5,7-8,10H,6,9,18H2,1H3. The molecule has 0 spiro atoms. The van der Waals surface area contributed by atoms with Crippen LogP contribution < -0.4 is 10.6 Å². The first-order chi connectivity index (χ1) is 10.1. The Labute approximate surface area is 128 Å². The number of para-hydroxylation sites is 1. The molecule has 1 atom stereocenters. The van der Waals surface area contributed by atoms with Crippen molar-refractivity contribution < 1.29 is 4.79 Å². The molecular weight excluding hydrogens is 286 g/mol. The SMILES string of the molecule is CC1Cc2ccccc2N(C(=O)c2cc(N)cnc2Cl)C1. The number of halogens is 1. The van der Waals surface area contributed by atoms with Crippen molar-refractivity contribution in [1.82, 2.24) is 4.98 Å². The van der Waals surface area contributed by atoms with Gasteiger partial charge in [-0.3, -0.25) is 4.79 Å². The van der Waals surface area contributed by atoms with Crippen molar-refractivity contribution in [1.29, 1.82) is 0 Å². The average Bonchev–Trinajstić information content (AvgIpc) is 2.48. The topological polar surface area (TPSA) is 59.2 Å². The zero-order valence-electron chi connectivity index (χ0n) is 11.7. The van der Waals surface area contributed by atoms with E-state index in [9.17, 15) is 4.79 Å². The number of hydrogen-bond donors (Lipinski definition) is 1. The van der Waals surface area contributed by atoms with Gasteiger partial charge in [0.25, 0.3) is 5.91 Å². The molecule has 2 N–H and O–H groups in total. The number of amides is 1. The van der Waals surface area contributed by atoms with Crippen molar-refractivity contribution in [3.63, 3.8) is 0 Å². The van der Waals surface area contributed by atoms with Crippen molar-refractivity contribution in [2.45, 2.75) is 13.3 Å². The zero-order valence-corrected chi connectivity index (χ0v) is 12.5. The van der Waals surface area contributed by atoms with Crippen LogP contribution in [0.25, 0.3) is 0 Å². The third kappa shape index (κ3) is 2.59. The second-order valence-electron chi connectivity index (χ2n) is 5.46. The first kappa shape index (κ1) is 13.9. The Balaban J connectivity index is 2.04. The molecule has 1 aromatic carbocycles. The molecule has 0 saturated carbocycles. The van der Waals surface area contributed by atoms with Crippen LogP contribution in [0, 0.1) is 5.92 Å². The van der Waals surface area contributed by atoms with Crippen LogP contribution in [0.3, 0.4) is 0 Å². The molecule has 3 rings (SSSR count). The molecule has 0 fully saturated rings. The van der Waals surface area contributed by atoms with Crippen molar-refractivity contribution in [2.75, 3.05) is 17.2 Å². The molecule has 1 amide bonds. The Hall–Kier alpha value is -2.07. The lowest BCUT2D eigenvalue weighted by Gasteiger charge is -2.33. The second-order valence-corrected chi connectivity index (χ2v) is 5.82. The number of carbonyl (C=O) groups excluding carboxylic acids is 1. The maximum absolute atomic E-state index is 12.8. The summed E-state index contributed by atoms with van der Waals surface area (Å²) in [6, 6.07) is 9.54. The molecule has 0 saturated heterocycles. The van der Waals surface area contributed by atoms with Gasteiger partial charge in [-0.2, -0.15) is 0 Å². The number of rotatable bonds is 1. The van der Waals surface area contributed by atoms with Gasteiger partial charge in [-0.15, -0.1) is 0 Å². The summed E-state index contributed by atoms with van der Waals surface area (Å²) < 4.78 is 0. The van der Waals surface area contributed by atoms with Crippen LogP contribution in [0.4, 0.5) is 11.4 Å². The van der Waals surface area contributed by atoms with Gasteiger partial charge in [0.15, 0.2) is 0 Å². The van der Waals surface area contributed by atoms with E-state index in [1.54, 1.807) is 11.0 Å². The summed E-state index contributed by atoms with van der Waals surface area (Å²) in [5.74, 6) is 0.246. The molecule has 5 heteroatoms. The summed E-state index contributed by atoms with van der Waals surface area (Å²) in [6.45, 7) is 2.80. The van der Waals surface area contributed by atoms with E-state index in [4.69, 9.17) is 17.3 Å². The number of pyridine rings is 1. The maximum Gasteiger partial charge on any atom is 0.261 e. The van der Waals surface area contributed by atoms with Crippen LogP contribution in [-0.2, 0) is 6.42 Å². The summed E-state index contributed by atoms with van der Waals surface area (Å²) in [5, 5.41) is 0.185. The number of nitrogens with two attached hydrogens (primary N) is 1. The minimum atomic E-state index is -0.154. The lowest BCUT2D eigenvalue weighted by Crippen LogP contribution is -2.39. The summed E-state index contributed by atoms with van der Waals surface area (Å²) >= 11 is 6.06. The van der Waals surface area contributed by atoms with E-state index in [1.165, 1.54) is 11.8 Å². The fourth-order valence-electron chi connectivity index (χ4n) is 2.75. The van der Waals surface area contributed by atoms with Gasteiger partial charge in [-0.1, -0.05) is 36.7 Å². The second kappa shape index (κ2) is 5.37. The fraction of sp³-hybridized carbons (Fsp3) is 0.250. The Morgan fingerprint density at radius 3 is 3.00 bits per heavy atom. The van der Waals surface area contributed by atoms with Crippen LogP contribution >= 0.6 is 11.6 Å². The van der Waals surface area contributed by atoms with Gasteiger partial charge in [0.1, 0.15) is 5.15 Å². The molecule has 4 nitrogen and oxygen atoms in total. The quantitative estimate of drug-likeness (QED) is 0.823. The van der Waals surface area contributed by atoms with Gasteiger partial charge in [-0.05, 0) is 30.0 Å². The predicted octanol–water partition coefficient (Wildman–Crippen LogP) is 3.16. The molecular formula is C16H16ClN3O. The van der Waals surface area contributed by atoms with Gasteiger partial charge in [0.05, 0.1) is 17.4 Å². The first-order valence-corrected chi connectivity index (χ1v) is 7.25. The molecule has 21 heavy (non-hydrogen) atoms. The lowest BCUT2D eigenvalue weighted by molar-refractivity contribution is 0.0981. The predicted molar refractivity (Wildman–Crippen MR) is 84.6 cm³/mol. The van der Waals surface area contributed by atoms with Gasteiger partial charge in [0.2, 0.25) is 0 Å². The molecule has 2 heterocycles. The molecule has 1 aliphatic rings. The molecule has 0 bridgehead atoms. The monoisotopic (exact) mass is 301 g/mol. The maximum atomic E-state index is 12.8. The molecule has 1 aromatic heterocycles. The van der Waals surface area contributed by atoms with E-state index in [1.807, 2.05) is 18.2 Å². The van der Waals surface area contributed by atoms with Gasteiger partial charge < -0.3 is 10.6 Å². The number of fused-ring (bicyclic) bond motifs is 1. The minimum Gasteiger partial charge on any atom is -0.397 e. The molecule has 108 valence electrons. The molecule has 1 aliphatic heterocycles. The highest BCUT2D eigenvalue weighted by Crippen LogP contribution is 2.31. The number of nitrogen functional groups attached to an aromatic ring is 1. The van der Waals surface area contributed by atoms with E-state index >= 15 is 0 Å². The number of anilines is 2. The Bertz CT molecular complexity index is 702. The largest absolute Gasteiger partial charge is 0.397 e. The molecule has 0 aliphatic carbocycles. The number of nitrogens with zero attached hydrogens (tertiary/aromatic N) is 2. The highest BCUT2D eigenvalue weighted by atomic mass is 35.5. The minimum absolute atomic E-state index is 0.154. The fourth-order valence-corrected chi connectivity index (χ4v) is 2.93. The number of aromatic nitrogens is 1. The number of carbonyl (C=O) groups is 1. The van der Waals surface area contributed by atoms with Gasteiger partial charge in [-0.25, -0.2) is 4.98 Å². The normalized spacial score (nSPS) is 17.4. The average molecular weight is 302 g/mol. The summed E-state index contributed by atoms with van der Waals surface area (Å²) in [4.78, 5) is 18.6. The zero-order chi connectivity index (χ0) is 15.0. The Kier molecular flexibility index (Phi) is 3.55. The Morgan fingerprint density at radius 1 is 1.43 bits per heavy atom. The van der Waals surface area contributed by atoms with E-state index in [-0.39, 0.29) is 11.1 Å². The van der Waals surface area contributed by atoms with E-state index in [2.05, 4.69) is 18.0 Å². The van der Waals surface area contributed by atoms with E-state index < -0.39 is 0 Å². The molecule has 0 radical (unpaired) electrons. The van der Waals surface area contributed by atoms with Crippen molar-refractivity contribution in [3.8, 4) is 0 Å². The van der Waals surface area contributed by atoms with Gasteiger partial charge >= 0.3 is 0 Å². The van der Waals surface area contributed by atoms with Gasteiger partial charge in [0, 0.05) is 12.2 Å². The van der Waals surface area contributed by atoms with Crippen molar-refractivity contribution >= 4 is 28.9 Å². The first-order valence-electron chi connectivity index (χ1n) is 6.87. The van der Waals surface area contributed by atoms with Crippen molar-refractivity contribution in [3.05, 3.63) is 52.8 Å². The van der Waals surface area contributed by atoms with Crippen LogP contribution in [0.15, 0.2) is 36.5 Å². The highest BCUT2D eigenvalue weighted by Gasteiger charge is 2.28. The van der Waals surface area contributed by atoms with Crippen LogP contribution in [0.1, 0.15) is 22.8 Å². The third-order valence-electron chi connectivity index (χ3n) is 3.68. The smallest absolute Gasteiger partial charge is 0.261 e. The number of hydrogen-bond acceptors (Lipinski definition) is 3. The van der Waals surface area contributed by atoms with Crippen molar-refractivity contribution in [2.24, 2.45) is 5.92 Å². The summed E-state index contributed by atoms with van der Waals surface area (Å²) in [5.41, 5.74) is 8.63. The third-order valence-corrected chi connectivity index (χ3v) is 3.98. The summed E-state index contributed by atoms with van der Waals surface area (Å²) in [6.07, 6.45) is 2.43. The van der Waals surface area contributed by atoms with E-state index in [0.29, 0.717) is 23.7 Å². The summed E-state index contributed by atoms with van der Waals surface area (Å²) in [7, 11) is 0. The highest BCUT2D eigenvalue weighted by molar-refractivity contribution is 6.33. The van der Waals surface area contributed by atoms with Crippen LogP contribution in [0.5, 0.6) is 0 Å². The number of benzene rings is 1. The van der Waals surface area contributed by atoms with Crippen LogP contribution in [-0.4, -0.2) is 17.4 Å². The molecule has 1 unspecified atom stereocenters. The van der Waals surface area contributed by atoms with E-state index in [0.717, 1.165) is 12.1 Å². The van der Waals surface area contributed by atoms with Crippen LogP contribution in [0.2, 0.25) is 5.15 Å². The lowest BCUT2D eigenvalue weighted by atomic mass is 9.93. The molecule has 2 aromatic rings.